The minimum Gasteiger partial charge on any atom is -0.360 e. The van der Waals surface area contributed by atoms with Crippen molar-refractivity contribution in [3.8, 4) is 0 Å². The number of nitrogens with one attached hydrogen (secondary N) is 2. The van der Waals surface area contributed by atoms with Crippen LogP contribution in [0.3, 0.4) is 0 Å². The van der Waals surface area contributed by atoms with Crippen LogP contribution in [0.4, 0.5) is 5.82 Å². The Kier molecular flexibility index (Phi) is 9.16. The van der Waals surface area contributed by atoms with Crippen LogP contribution in [0.25, 0.3) is 10.9 Å². The highest BCUT2D eigenvalue weighted by Gasteiger charge is 2.26. The zero-order chi connectivity index (χ0) is 25.5. The summed E-state index contributed by atoms with van der Waals surface area (Å²) >= 11 is 6.26. The summed E-state index contributed by atoms with van der Waals surface area (Å²) in [5.41, 5.74) is 2.14. The van der Waals surface area contributed by atoms with E-state index in [0.717, 1.165) is 61.7 Å². The highest BCUT2D eigenvalue weighted by Crippen LogP contribution is 2.25. The van der Waals surface area contributed by atoms with Crippen LogP contribution in [-0.2, 0) is 17.6 Å². The molecule has 192 valence electrons. The second-order valence-electron chi connectivity index (χ2n) is 10.2. The molecule has 1 aliphatic carbocycles. The van der Waals surface area contributed by atoms with E-state index in [2.05, 4.69) is 60.7 Å². The number of carbonyl (C=O) groups excluding carboxylic acids is 1. The van der Waals surface area contributed by atoms with Crippen molar-refractivity contribution >= 4 is 34.2 Å². The van der Waals surface area contributed by atoms with Crippen molar-refractivity contribution < 1.29 is 4.79 Å². The summed E-state index contributed by atoms with van der Waals surface area (Å²) in [4.78, 5) is 24.7. The minimum absolute atomic E-state index is 0.00455. The van der Waals surface area contributed by atoms with E-state index in [4.69, 9.17) is 21.6 Å². The molecule has 0 radical (unpaired) electrons. The van der Waals surface area contributed by atoms with Crippen LogP contribution in [0.1, 0.15) is 57.3 Å². The first kappa shape index (κ1) is 26.4. The zero-order valence-corrected chi connectivity index (χ0v) is 22.4. The van der Waals surface area contributed by atoms with Crippen LogP contribution in [0.15, 0.2) is 48.5 Å². The minimum atomic E-state index is -0.00455. The average molecular weight is 508 g/mol. The van der Waals surface area contributed by atoms with Gasteiger partial charge in [0.25, 0.3) is 0 Å². The lowest BCUT2D eigenvalue weighted by atomic mass is 9.90. The Bertz CT molecular complexity index is 1150. The number of amides is 1. The third-order valence-electron chi connectivity index (χ3n) is 7.28. The summed E-state index contributed by atoms with van der Waals surface area (Å²) in [6.45, 7) is 4.64. The molecule has 1 aliphatic rings. The molecule has 36 heavy (non-hydrogen) atoms. The normalized spacial score (nSPS) is 18.1. The van der Waals surface area contributed by atoms with Gasteiger partial charge in [0.1, 0.15) is 11.6 Å². The van der Waals surface area contributed by atoms with Crippen molar-refractivity contribution in [3.05, 3.63) is 64.9 Å². The lowest BCUT2D eigenvalue weighted by Crippen LogP contribution is -2.45. The van der Waals surface area contributed by atoms with Gasteiger partial charge in [0.15, 0.2) is 0 Å². The maximum absolute atomic E-state index is 12.8. The average Bonchev–Trinajstić information content (AvgIpc) is 2.88. The van der Waals surface area contributed by atoms with Crippen molar-refractivity contribution in [1.29, 1.82) is 0 Å². The zero-order valence-electron chi connectivity index (χ0n) is 21.6. The molecule has 0 bridgehead atoms. The fraction of sp³-hybridized carbons (Fsp3) is 0.483. The van der Waals surface area contributed by atoms with E-state index >= 15 is 0 Å². The number of nitrogens with zero attached hydrogens (tertiary/aromatic N) is 3. The third-order valence-corrected chi connectivity index (χ3v) is 7.52. The molecular weight excluding hydrogens is 470 g/mol. The molecule has 1 saturated carbocycles. The molecule has 0 spiro atoms. The number of anilines is 1. The lowest BCUT2D eigenvalue weighted by Gasteiger charge is -2.37. The number of rotatable bonds is 10. The molecule has 0 saturated heterocycles. The fourth-order valence-electron chi connectivity index (χ4n) is 4.98. The number of halogens is 1. The van der Waals surface area contributed by atoms with Crippen LogP contribution in [0, 0.1) is 0 Å². The largest absolute Gasteiger partial charge is 0.360 e. The third kappa shape index (κ3) is 7.17. The summed E-state index contributed by atoms with van der Waals surface area (Å²) < 4.78 is 0. The SMILES string of the molecule is CC(C)N(C)[C@H]1CC[C@H](NC(=O)CNc2nc(CCCc3ccccc3)nc3ccc(Cl)cc23)CC1. The van der Waals surface area contributed by atoms with Gasteiger partial charge in [0.05, 0.1) is 12.1 Å². The first-order valence-electron chi connectivity index (χ1n) is 13.1. The molecule has 0 atom stereocenters. The molecule has 1 fully saturated rings. The summed E-state index contributed by atoms with van der Waals surface area (Å²) in [5.74, 6) is 1.43. The van der Waals surface area contributed by atoms with Crippen LogP contribution >= 0.6 is 11.6 Å². The van der Waals surface area contributed by atoms with E-state index in [1.54, 1.807) is 0 Å². The Labute approximate surface area is 219 Å². The number of aryl methyl sites for hydroxylation is 2. The maximum atomic E-state index is 12.8. The summed E-state index contributed by atoms with van der Waals surface area (Å²) in [5, 5.41) is 7.94. The van der Waals surface area contributed by atoms with Gasteiger partial charge in [-0.3, -0.25) is 4.79 Å². The van der Waals surface area contributed by atoms with Gasteiger partial charge in [-0.25, -0.2) is 9.97 Å². The Hall–Kier alpha value is -2.70. The van der Waals surface area contributed by atoms with Gasteiger partial charge in [0, 0.05) is 35.0 Å². The second kappa shape index (κ2) is 12.5. The van der Waals surface area contributed by atoms with E-state index in [0.29, 0.717) is 22.9 Å². The predicted molar refractivity (Wildman–Crippen MR) is 149 cm³/mol. The van der Waals surface area contributed by atoms with Gasteiger partial charge in [-0.2, -0.15) is 0 Å². The molecule has 7 heteroatoms. The molecule has 4 rings (SSSR count). The number of hydrogen-bond donors (Lipinski definition) is 2. The molecule has 0 aliphatic heterocycles. The van der Waals surface area contributed by atoms with Crippen molar-refractivity contribution in [2.75, 3.05) is 18.9 Å². The van der Waals surface area contributed by atoms with Crippen molar-refractivity contribution in [1.82, 2.24) is 20.2 Å². The summed E-state index contributed by atoms with van der Waals surface area (Å²) in [6.07, 6.45) is 6.97. The van der Waals surface area contributed by atoms with Crippen LogP contribution < -0.4 is 10.6 Å². The maximum Gasteiger partial charge on any atom is 0.239 e. The Morgan fingerprint density at radius 2 is 1.81 bits per heavy atom. The van der Waals surface area contributed by atoms with Crippen molar-refractivity contribution in [3.63, 3.8) is 0 Å². The monoisotopic (exact) mass is 507 g/mol. The summed E-state index contributed by atoms with van der Waals surface area (Å²) in [7, 11) is 2.20. The number of hydrogen-bond acceptors (Lipinski definition) is 5. The highest BCUT2D eigenvalue weighted by molar-refractivity contribution is 6.31. The van der Waals surface area contributed by atoms with Gasteiger partial charge in [0.2, 0.25) is 5.91 Å². The van der Waals surface area contributed by atoms with Gasteiger partial charge in [-0.05, 0) is 83.2 Å². The molecule has 2 N–H and O–H groups in total. The Morgan fingerprint density at radius 3 is 2.53 bits per heavy atom. The molecule has 0 unspecified atom stereocenters. The second-order valence-corrected chi connectivity index (χ2v) is 10.6. The standard InChI is InChI=1S/C29H38ClN5O/c1-20(2)35(3)24-15-13-23(14-16-24)32-28(36)19-31-29-25-18-22(30)12-17-26(25)33-27(34-29)11-7-10-21-8-5-4-6-9-21/h4-6,8-9,12,17-18,20,23-24H,7,10-11,13-16,19H2,1-3H3,(H,32,36)(H,31,33,34)/t23-,24-. The predicted octanol–water partition coefficient (Wildman–Crippen LogP) is 5.64. The van der Waals surface area contributed by atoms with Crippen LogP contribution in [0.2, 0.25) is 5.02 Å². The van der Waals surface area contributed by atoms with E-state index in [-0.39, 0.29) is 18.5 Å². The lowest BCUT2D eigenvalue weighted by molar-refractivity contribution is -0.120. The number of carbonyl (C=O) groups is 1. The van der Waals surface area contributed by atoms with Gasteiger partial charge in [-0.15, -0.1) is 0 Å². The van der Waals surface area contributed by atoms with Gasteiger partial charge >= 0.3 is 0 Å². The van der Waals surface area contributed by atoms with Gasteiger partial charge < -0.3 is 15.5 Å². The fourth-order valence-corrected chi connectivity index (χ4v) is 5.15. The molecule has 1 heterocycles. The van der Waals surface area contributed by atoms with Crippen molar-refractivity contribution in [2.45, 2.75) is 76.9 Å². The smallest absolute Gasteiger partial charge is 0.239 e. The number of fused-ring (bicyclic) bond motifs is 1. The van der Waals surface area contributed by atoms with Crippen LogP contribution in [0.5, 0.6) is 0 Å². The number of benzene rings is 2. The van der Waals surface area contributed by atoms with E-state index < -0.39 is 0 Å². The topological polar surface area (TPSA) is 70.2 Å². The Morgan fingerprint density at radius 1 is 1.06 bits per heavy atom. The first-order chi connectivity index (χ1) is 17.4. The van der Waals surface area contributed by atoms with Crippen molar-refractivity contribution in [2.24, 2.45) is 0 Å². The molecule has 6 nitrogen and oxygen atoms in total. The number of aromatic nitrogens is 2. The highest BCUT2D eigenvalue weighted by atomic mass is 35.5. The van der Waals surface area contributed by atoms with E-state index in [1.165, 1.54) is 5.56 Å². The quantitative estimate of drug-likeness (QED) is 0.371. The summed E-state index contributed by atoms with van der Waals surface area (Å²) in [6, 6.07) is 17.4. The molecular formula is C29H38ClN5O. The molecule has 1 amide bonds. The first-order valence-corrected chi connectivity index (χ1v) is 13.5. The molecule has 1 aromatic heterocycles. The van der Waals surface area contributed by atoms with E-state index in [1.807, 2.05) is 24.3 Å². The molecule has 3 aromatic rings. The van der Waals surface area contributed by atoms with Gasteiger partial charge in [-0.1, -0.05) is 41.9 Å². The molecule has 2 aromatic carbocycles. The Balaban J connectivity index is 1.35. The van der Waals surface area contributed by atoms with Crippen LogP contribution in [-0.4, -0.2) is 52.5 Å². The van der Waals surface area contributed by atoms with E-state index in [9.17, 15) is 4.79 Å².